The monoisotopic (exact) mass is 136 g/mol. The van der Waals surface area contributed by atoms with Crippen LogP contribution in [0.15, 0.2) is 0 Å². The van der Waals surface area contributed by atoms with Gasteiger partial charge in [0.2, 0.25) is 5.91 Å². The van der Waals surface area contributed by atoms with Crippen LogP contribution >= 0.6 is 0 Å². The normalized spacial score (nSPS) is 19.3. The molecule has 0 radical (unpaired) electrons. The van der Waals surface area contributed by atoms with Crippen molar-refractivity contribution in [2.24, 2.45) is 0 Å². The topological polar surface area (TPSA) is 29.1 Å². The van der Waals surface area contributed by atoms with Crippen LogP contribution < -0.4 is 34.9 Å². The molecule has 0 aromatic rings. The van der Waals surface area contributed by atoms with Gasteiger partial charge in [-0.05, 0) is 12.8 Å². The molecular formula is C6H11NNaO+. The first-order chi connectivity index (χ1) is 3.89. The molecule has 0 saturated carbocycles. The van der Waals surface area contributed by atoms with Crippen molar-refractivity contribution in [1.29, 1.82) is 0 Å². The van der Waals surface area contributed by atoms with Gasteiger partial charge in [0.15, 0.2) is 0 Å². The molecule has 0 atom stereocenters. The Labute approximate surface area is 77.7 Å². The maximum absolute atomic E-state index is 10.6. The summed E-state index contributed by atoms with van der Waals surface area (Å²) in [7, 11) is 0. The fourth-order valence-electron chi connectivity index (χ4n) is 0.904. The number of hydrogen-bond donors (Lipinski definition) is 1. The Balaban J connectivity index is 0.000000640. The molecule has 3 heteroatoms. The van der Waals surface area contributed by atoms with Gasteiger partial charge in [0.05, 0.1) is 0 Å². The molecule has 1 heterocycles. The summed E-state index contributed by atoms with van der Waals surface area (Å²) in [6, 6.07) is 0. The van der Waals surface area contributed by atoms with Gasteiger partial charge in [0.1, 0.15) is 0 Å². The summed E-state index contributed by atoms with van der Waals surface area (Å²) in [5, 5.41) is 2.81. The van der Waals surface area contributed by atoms with E-state index in [2.05, 4.69) is 5.32 Å². The van der Waals surface area contributed by atoms with E-state index < -0.39 is 0 Å². The molecule has 0 aromatic heterocycles. The summed E-state index contributed by atoms with van der Waals surface area (Å²) in [4.78, 5) is 10.6. The van der Waals surface area contributed by atoms with E-state index in [1.54, 1.807) is 0 Å². The molecular weight excluding hydrogens is 125 g/mol. The van der Waals surface area contributed by atoms with Crippen molar-refractivity contribution in [1.82, 2.24) is 5.32 Å². The van der Waals surface area contributed by atoms with Crippen molar-refractivity contribution in [3.05, 3.63) is 0 Å². The molecule has 1 amide bonds. The summed E-state index contributed by atoms with van der Waals surface area (Å²) < 4.78 is 0. The first-order valence-corrected chi connectivity index (χ1v) is 3.16. The molecule has 0 spiro atoms. The molecule has 1 rings (SSSR count). The minimum absolute atomic E-state index is 0. The second-order valence-electron chi connectivity index (χ2n) is 2.16. The second-order valence-corrected chi connectivity index (χ2v) is 2.16. The Kier molecular flexibility index (Phi) is 5.55. The van der Waals surface area contributed by atoms with Crippen LogP contribution in [0.5, 0.6) is 0 Å². The number of carbonyl (C=O) groups is 1. The van der Waals surface area contributed by atoms with Gasteiger partial charge in [-0.2, -0.15) is 0 Å². The summed E-state index contributed by atoms with van der Waals surface area (Å²) in [6.07, 6.45) is 4.18. The van der Waals surface area contributed by atoms with Gasteiger partial charge < -0.3 is 5.32 Å². The Morgan fingerprint density at radius 3 is 2.78 bits per heavy atom. The molecule has 0 bridgehead atoms. The van der Waals surface area contributed by atoms with E-state index >= 15 is 0 Å². The average Bonchev–Trinajstić information content (AvgIpc) is 1.94. The Morgan fingerprint density at radius 1 is 1.22 bits per heavy atom. The van der Waals surface area contributed by atoms with Crippen LogP contribution in [0.1, 0.15) is 25.7 Å². The van der Waals surface area contributed by atoms with Crippen LogP contribution in [0, 0.1) is 0 Å². The van der Waals surface area contributed by atoms with E-state index in [9.17, 15) is 4.79 Å². The number of nitrogens with one attached hydrogen (secondary N) is 1. The zero-order valence-electron chi connectivity index (χ0n) is 5.94. The van der Waals surface area contributed by atoms with Gasteiger partial charge >= 0.3 is 29.6 Å². The summed E-state index contributed by atoms with van der Waals surface area (Å²) in [5.41, 5.74) is 0. The Hall–Kier alpha value is 0.470. The third-order valence-electron chi connectivity index (χ3n) is 1.40. The van der Waals surface area contributed by atoms with E-state index in [4.69, 9.17) is 0 Å². The van der Waals surface area contributed by atoms with Crippen molar-refractivity contribution in [3.8, 4) is 0 Å². The molecule has 0 unspecified atom stereocenters. The number of carbonyl (C=O) groups excluding carboxylic acids is 1. The number of hydrogen-bond acceptors (Lipinski definition) is 1. The van der Waals surface area contributed by atoms with Gasteiger partial charge in [-0.3, -0.25) is 4.79 Å². The van der Waals surface area contributed by atoms with Crippen LogP contribution in [-0.4, -0.2) is 12.5 Å². The minimum atomic E-state index is 0. The Bertz CT molecular complexity index is 85.1. The van der Waals surface area contributed by atoms with Gasteiger partial charge in [-0.1, -0.05) is 6.42 Å². The first-order valence-electron chi connectivity index (χ1n) is 3.16. The van der Waals surface area contributed by atoms with Crippen molar-refractivity contribution in [2.45, 2.75) is 25.7 Å². The molecule has 9 heavy (non-hydrogen) atoms. The summed E-state index contributed by atoms with van der Waals surface area (Å²) >= 11 is 0. The SMILES string of the molecule is O=C1CCCCCN1.[Na+]. The molecule has 1 fully saturated rings. The van der Waals surface area contributed by atoms with Crippen LogP contribution in [0.25, 0.3) is 0 Å². The van der Waals surface area contributed by atoms with Crippen LogP contribution in [0.2, 0.25) is 0 Å². The molecule has 1 aliphatic heterocycles. The third-order valence-corrected chi connectivity index (χ3v) is 1.40. The molecule has 0 aliphatic carbocycles. The molecule has 2 nitrogen and oxygen atoms in total. The maximum Gasteiger partial charge on any atom is 1.00 e. The van der Waals surface area contributed by atoms with Gasteiger partial charge in [0, 0.05) is 13.0 Å². The fraction of sp³-hybridized carbons (Fsp3) is 0.833. The predicted molar refractivity (Wildman–Crippen MR) is 31.5 cm³/mol. The molecule has 0 aromatic carbocycles. The van der Waals surface area contributed by atoms with Crippen LogP contribution in [-0.2, 0) is 4.79 Å². The smallest absolute Gasteiger partial charge is 0.356 e. The standard InChI is InChI=1S/C6H11NO.Na/c8-6-4-2-1-3-5-7-6;/h1-5H2,(H,7,8);/q;+1. The number of rotatable bonds is 0. The minimum Gasteiger partial charge on any atom is -0.356 e. The zero-order valence-corrected chi connectivity index (χ0v) is 7.94. The van der Waals surface area contributed by atoms with Gasteiger partial charge in [-0.25, -0.2) is 0 Å². The predicted octanol–water partition coefficient (Wildman–Crippen LogP) is -2.32. The molecule has 1 aliphatic rings. The van der Waals surface area contributed by atoms with E-state index in [0.717, 1.165) is 25.8 Å². The van der Waals surface area contributed by atoms with Crippen molar-refractivity contribution < 1.29 is 34.4 Å². The van der Waals surface area contributed by atoms with Crippen molar-refractivity contribution in [2.75, 3.05) is 6.54 Å². The van der Waals surface area contributed by atoms with Crippen molar-refractivity contribution in [3.63, 3.8) is 0 Å². The van der Waals surface area contributed by atoms with E-state index in [-0.39, 0.29) is 35.5 Å². The van der Waals surface area contributed by atoms with Crippen LogP contribution in [0.4, 0.5) is 0 Å². The fourth-order valence-corrected chi connectivity index (χ4v) is 0.904. The Morgan fingerprint density at radius 2 is 2.00 bits per heavy atom. The summed E-state index contributed by atoms with van der Waals surface area (Å²) in [5.74, 6) is 0.225. The average molecular weight is 136 g/mol. The third kappa shape index (κ3) is 3.95. The zero-order chi connectivity index (χ0) is 5.82. The number of amides is 1. The molecule has 1 N–H and O–H groups in total. The largest absolute Gasteiger partial charge is 1.00 e. The second kappa shape index (κ2) is 5.27. The summed E-state index contributed by atoms with van der Waals surface area (Å²) in [6.45, 7) is 0.888. The van der Waals surface area contributed by atoms with Crippen LogP contribution in [0.3, 0.4) is 0 Å². The van der Waals surface area contributed by atoms with Gasteiger partial charge in [0.25, 0.3) is 0 Å². The van der Waals surface area contributed by atoms with E-state index in [1.807, 2.05) is 0 Å². The van der Waals surface area contributed by atoms with Gasteiger partial charge in [-0.15, -0.1) is 0 Å². The molecule has 46 valence electrons. The van der Waals surface area contributed by atoms with Crippen molar-refractivity contribution >= 4 is 5.91 Å². The first kappa shape index (κ1) is 9.47. The van der Waals surface area contributed by atoms with E-state index in [1.165, 1.54) is 6.42 Å². The molecule has 1 saturated heterocycles. The quantitative estimate of drug-likeness (QED) is 0.372. The van der Waals surface area contributed by atoms with E-state index in [0.29, 0.717) is 0 Å². The maximum atomic E-state index is 10.6.